The minimum atomic E-state index is 0.297. The van der Waals surface area contributed by atoms with E-state index < -0.39 is 0 Å². The topological polar surface area (TPSA) is 30.5 Å². The van der Waals surface area contributed by atoms with Crippen LogP contribution >= 0.6 is 0 Å². The van der Waals surface area contributed by atoms with Gasteiger partial charge in [-0.3, -0.25) is 0 Å². The first kappa shape index (κ1) is 18.8. The lowest BCUT2D eigenvalue weighted by Gasteiger charge is -2.19. The molecule has 0 radical (unpaired) electrons. The molecule has 0 amide bonds. The molecule has 0 spiro atoms. The van der Waals surface area contributed by atoms with Crippen molar-refractivity contribution in [2.24, 2.45) is 5.41 Å². The number of rotatable bonds is 10. The number of nitrogens with one attached hydrogen (secondary N) is 1. The first-order valence-electron chi connectivity index (χ1n) is 8.46. The van der Waals surface area contributed by atoms with Gasteiger partial charge in [0.1, 0.15) is 0 Å². The molecule has 0 aromatic heterocycles. The average molecular weight is 307 g/mol. The molecule has 3 heteroatoms. The first-order valence-corrected chi connectivity index (χ1v) is 8.46. The SMILES string of the molecule is CCCCCCOc1ccc(CNCC(C)(C)C)cc1OC. The largest absolute Gasteiger partial charge is 0.493 e. The van der Waals surface area contributed by atoms with Crippen molar-refractivity contribution in [2.45, 2.75) is 59.9 Å². The summed E-state index contributed by atoms with van der Waals surface area (Å²) in [6, 6.07) is 6.20. The molecule has 1 aromatic carbocycles. The van der Waals surface area contributed by atoms with Crippen LogP contribution in [0.25, 0.3) is 0 Å². The predicted molar refractivity (Wildman–Crippen MR) is 93.8 cm³/mol. The van der Waals surface area contributed by atoms with Crippen molar-refractivity contribution >= 4 is 0 Å². The van der Waals surface area contributed by atoms with Crippen molar-refractivity contribution in [3.63, 3.8) is 0 Å². The highest BCUT2D eigenvalue weighted by molar-refractivity contribution is 5.42. The van der Waals surface area contributed by atoms with Crippen LogP contribution in [0.15, 0.2) is 18.2 Å². The third kappa shape index (κ3) is 7.69. The molecule has 1 aromatic rings. The average Bonchev–Trinajstić information content (AvgIpc) is 2.46. The Labute approximate surface area is 136 Å². The van der Waals surface area contributed by atoms with Crippen LogP contribution < -0.4 is 14.8 Å². The number of methoxy groups -OCH3 is 1. The Morgan fingerprint density at radius 2 is 1.82 bits per heavy atom. The Kier molecular flexibility index (Phi) is 8.32. The summed E-state index contributed by atoms with van der Waals surface area (Å²) >= 11 is 0. The summed E-state index contributed by atoms with van der Waals surface area (Å²) < 4.78 is 11.3. The van der Waals surface area contributed by atoms with E-state index in [0.29, 0.717) is 5.41 Å². The second kappa shape index (κ2) is 9.73. The van der Waals surface area contributed by atoms with Crippen LogP contribution in [0.5, 0.6) is 11.5 Å². The monoisotopic (exact) mass is 307 g/mol. The summed E-state index contributed by atoms with van der Waals surface area (Å²) in [5.74, 6) is 1.67. The fourth-order valence-electron chi connectivity index (χ4n) is 2.23. The van der Waals surface area contributed by atoms with E-state index >= 15 is 0 Å². The molecule has 0 saturated carbocycles. The summed E-state index contributed by atoms with van der Waals surface area (Å²) in [4.78, 5) is 0. The fourth-order valence-corrected chi connectivity index (χ4v) is 2.23. The van der Waals surface area contributed by atoms with E-state index in [-0.39, 0.29) is 0 Å². The third-order valence-corrected chi connectivity index (χ3v) is 3.47. The molecule has 1 N–H and O–H groups in total. The zero-order valence-corrected chi connectivity index (χ0v) is 15.0. The maximum atomic E-state index is 5.84. The summed E-state index contributed by atoms with van der Waals surface area (Å²) in [7, 11) is 1.70. The molecule has 0 fully saturated rings. The van der Waals surface area contributed by atoms with E-state index in [1.807, 2.05) is 6.07 Å². The Bertz CT molecular complexity index is 424. The van der Waals surface area contributed by atoms with Crippen LogP contribution in [-0.2, 0) is 6.54 Å². The van der Waals surface area contributed by atoms with Gasteiger partial charge < -0.3 is 14.8 Å². The number of benzene rings is 1. The third-order valence-electron chi connectivity index (χ3n) is 3.47. The molecule has 126 valence electrons. The highest BCUT2D eigenvalue weighted by Gasteiger charge is 2.10. The van der Waals surface area contributed by atoms with Gasteiger partial charge in [-0.1, -0.05) is 53.0 Å². The second-order valence-corrected chi connectivity index (χ2v) is 7.06. The minimum Gasteiger partial charge on any atom is -0.493 e. The molecule has 3 nitrogen and oxygen atoms in total. The fraction of sp³-hybridized carbons (Fsp3) is 0.684. The van der Waals surface area contributed by atoms with Crippen molar-refractivity contribution in [3.05, 3.63) is 23.8 Å². The molecule has 0 aliphatic heterocycles. The van der Waals surface area contributed by atoms with Gasteiger partial charge in [0.15, 0.2) is 11.5 Å². The van der Waals surface area contributed by atoms with E-state index in [1.54, 1.807) is 7.11 Å². The van der Waals surface area contributed by atoms with E-state index in [2.05, 4.69) is 45.1 Å². The number of hydrogen-bond donors (Lipinski definition) is 1. The lowest BCUT2D eigenvalue weighted by Crippen LogP contribution is -2.26. The van der Waals surface area contributed by atoms with E-state index in [1.165, 1.54) is 24.8 Å². The Morgan fingerprint density at radius 1 is 1.05 bits per heavy atom. The molecular formula is C19H33NO2. The molecule has 0 saturated heterocycles. The van der Waals surface area contributed by atoms with Crippen molar-refractivity contribution in [3.8, 4) is 11.5 Å². The van der Waals surface area contributed by atoms with Gasteiger partial charge in [-0.05, 0) is 29.5 Å². The van der Waals surface area contributed by atoms with Gasteiger partial charge in [-0.2, -0.15) is 0 Å². The summed E-state index contributed by atoms with van der Waals surface area (Å²) in [5.41, 5.74) is 1.52. The van der Waals surface area contributed by atoms with Gasteiger partial charge in [0.2, 0.25) is 0 Å². The molecule has 0 atom stereocenters. The number of hydrogen-bond acceptors (Lipinski definition) is 3. The number of unbranched alkanes of at least 4 members (excludes halogenated alkanes) is 3. The maximum absolute atomic E-state index is 5.84. The highest BCUT2D eigenvalue weighted by atomic mass is 16.5. The van der Waals surface area contributed by atoms with Gasteiger partial charge in [-0.15, -0.1) is 0 Å². The predicted octanol–water partition coefficient (Wildman–Crippen LogP) is 4.79. The van der Waals surface area contributed by atoms with Crippen LogP contribution in [0.1, 0.15) is 58.9 Å². The van der Waals surface area contributed by atoms with Gasteiger partial charge in [0.05, 0.1) is 13.7 Å². The Morgan fingerprint density at radius 3 is 2.45 bits per heavy atom. The lowest BCUT2D eigenvalue weighted by atomic mass is 9.97. The summed E-state index contributed by atoms with van der Waals surface area (Å²) in [6.07, 6.45) is 4.86. The van der Waals surface area contributed by atoms with E-state index in [9.17, 15) is 0 Å². The minimum absolute atomic E-state index is 0.297. The van der Waals surface area contributed by atoms with Crippen LogP contribution in [0.2, 0.25) is 0 Å². The summed E-state index contributed by atoms with van der Waals surface area (Å²) in [6.45, 7) is 11.5. The Balaban J connectivity index is 2.48. The first-order chi connectivity index (χ1) is 10.5. The van der Waals surface area contributed by atoms with Gasteiger partial charge in [-0.25, -0.2) is 0 Å². The smallest absolute Gasteiger partial charge is 0.161 e. The second-order valence-electron chi connectivity index (χ2n) is 7.06. The normalized spacial score (nSPS) is 11.5. The van der Waals surface area contributed by atoms with Crippen LogP contribution in [0.3, 0.4) is 0 Å². The van der Waals surface area contributed by atoms with E-state index in [4.69, 9.17) is 9.47 Å². The van der Waals surface area contributed by atoms with E-state index in [0.717, 1.165) is 37.6 Å². The van der Waals surface area contributed by atoms with Gasteiger partial charge in [0.25, 0.3) is 0 Å². The van der Waals surface area contributed by atoms with Crippen LogP contribution in [0, 0.1) is 5.41 Å². The maximum Gasteiger partial charge on any atom is 0.161 e. The Hall–Kier alpha value is -1.22. The summed E-state index contributed by atoms with van der Waals surface area (Å²) in [5, 5.41) is 3.48. The molecule has 0 unspecified atom stereocenters. The van der Waals surface area contributed by atoms with Gasteiger partial charge in [0, 0.05) is 13.1 Å². The van der Waals surface area contributed by atoms with Crippen molar-refractivity contribution in [1.29, 1.82) is 0 Å². The van der Waals surface area contributed by atoms with Crippen LogP contribution in [0.4, 0.5) is 0 Å². The lowest BCUT2D eigenvalue weighted by molar-refractivity contribution is 0.285. The van der Waals surface area contributed by atoms with Crippen molar-refractivity contribution in [2.75, 3.05) is 20.3 Å². The number of ether oxygens (including phenoxy) is 2. The van der Waals surface area contributed by atoms with Crippen molar-refractivity contribution in [1.82, 2.24) is 5.32 Å². The zero-order chi connectivity index (χ0) is 16.4. The molecule has 22 heavy (non-hydrogen) atoms. The molecule has 0 aliphatic carbocycles. The van der Waals surface area contributed by atoms with Crippen LogP contribution in [-0.4, -0.2) is 20.3 Å². The standard InChI is InChI=1S/C19H33NO2/c1-6-7-8-9-12-22-17-11-10-16(13-18(17)21-5)14-20-15-19(2,3)4/h10-11,13,20H,6-9,12,14-15H2,1-5H3. The molecule has 0 bridgehead atoms. The zero-order valence-electron chi connectivity index (χ0n) is 15.0. The molecule has 0 heterocycles. The highest BCUT2D eigenvalue weighted by Crippen LogP contribution is 2.28. The quantitative estimate of drug-likeness (QED) is 0.630. The van der Waals surface area contributed by atoms with Gasteiger partial charge >= 0.3 is 0 Å². The molecule has 1 rings (SSSR count). The molecule has 0 aliphatic rings. The van der Waals surface area contributed by atoms with Crippen molar-refractivity contribution < 1.29 is 9.47 Å². The molecular weight excluding hydrogens is 274 g/mol.